The Balaban J connectivity index is 1.74. The van der Waals surface area contributed by atoms with Crippen LogP contribution in [0.25, 0.3) is 0 Å². The zero-order valence-electron chi connectivity index (χ0n) is 19.7. The van der Waals surface area contributed by atoms with E-state index in [2.05, 4.69) is 17.6 Å². The molecule has 0 aromatic heterocycles. The van der Waals surface area contributed by atoms with Gasteiger partial charge in [-0.15, -0.1) is 0 Å². The van der Waals surface area contributed by atoms with Gasteiger partial charge in [-0.25, -0.2) is 4.39 Å². The van der Waals surface area contributed by atoms with Crippen LogP contribution in [0.3, 0.4) is 0 Å². The first-order valence-electron chi connectivity index (χ1n) is 12.0. The van der Waals surface area contributed by atoms with Crippen molar-refractivity contribution in [3.63, 3.8) is 0 Å². The van der Waals surface area contributed by atoms with Crippen LogP contribution in [0.4, 0.5) is 34.6 Å². The summed E-state index contributed by atoms with van der Waals surface area (Å²) in [6, 6.07) is 8.11. The Morgan fingerprint density at radius 3 is 2.15 bits per heavy atom. The summed E-state index contributed by atoms with van der Waals surface area (Å²) in [4.78, 5) is 12.2. The Labute approximate surface area is 199 Å². The van der Waals surface area contributed by atoms with E-state index in [1.165, 1.54) is 43.9 Å². The number of halogens is 4. The molecule has 0 atom stereocenters. The van der Waals surface area contributed by atoms with Gasteiger partial charge in [-0.3, -0.25) is 4.79 Å². The van der Waals surface area contributed by atoms with Gasteiger partial charge in [0.15, 0.2) is 5.82 Å². The smallest absolute Gasteiger partial charge is 0.395 e. The molecule has 0 saturated carbocycles. The Morgan fingerprint density at radius 2 is 1.50 bits per heavy atom. The third kappa shape index (κ3) is 9.23. The first-order chi connectivity index (χ1) is 16.2. The average molecular weight is 482 g/mol. The summed E-state index contributed by atoms with van der Waals surface area (Å²) in [6.45, 7) is 2.59. The van der Waals surface area contributed by atoms with Crippen molar-refractivity contribution in [3.8, 4) is 0 Å². The predicted molar refractivity (Wildman–Crippen MR) is 130 cm³/mol. The third-order valence-corrected chi connectivity index (χ3v) is 5.70. The Hall–Kier alpha value is -2.77. The highest BCUT2D eigenvalue weighted by Gasteiger charge is 2.29. The molecule has 0 unspecified atom stereocenters. The maximum Gasteiger partial charge on any atom is 0.416 e. The summed E-state index contributed by atoms with van der Waals surface area (Å²) in [6.07, 6.45) is 4.94. The SMILES string of the molecule is CCCCCCCCCC(=O)Nc1ccc(NCCCc2ccc(C(F)(F)F)cc2)c(F)c1N. The maximum atomic E-state index is 14.6. The monoisotopic (exact) mass is 481 g/mol. The molecule has 0 aliphatic heterocycles. The topological polar surface area (TPSA) is 67.2 Å². The van der Waals surface area contributed by atoms with E-state index in [-0.39, 0.29) is 23.0 Å². The van der Waals surface area contributed by atoms with E-state index in [0.29, 0.717) is 25.8 Å². The molecule has 2 aromatic rings. The van der Waals surface area contributed by atoms with Gasteiger partial charge >= 0.3 is 6.18 Å². The van der Waals surface area contributed by atoms with Crippen molar-refractivity contribution in [3.05, 3.63) is 53.3 Å². The molecule has 4 N–H and O–H groups in total. The number of hydrogen-bond acceptors (Lipinski definition) is 3. The molecule has 0 fully saturated rings. The van der Waals surface area contributed by atoms with Crippen molar-refractivity contribution in [1.29, 1.82) is 0 Å². The van der Waals surface area contributed by atoms with Crippen molar-refractivity contribution in [2.45, 2.75) is 77.3 Å². The Morgan fingerprint density at radius 1 is 0.882 bits per heavy atom. The van der Waals surface area contributed by atoms with E-state index in [0.717, 1.165) is 37.0 Å². The van der Waals surface area contributed by atoms with Gasteiger partial charge in [0.1, 0.15) is 0 Å². The van der Waals surface area contributed by atoms with Crippen LogP contribution in [0, 0.1) is 5.82 Å². The van der Waals surface area contributed by atoms with Crippen LogP contribution in [0.5, 0.6) is 0 Å². The molecule has 0 heterocycles. The molecule has 0 bridgehead atoms. The number of amides is 1. The molecule has 2 rings (SSSR count). The number of anilines is 3. The van der Waals surface area contributed by atoms with Crippen molar-refractivity contribution < 1.29 is 22.4 Å². The fourth-order valence-electron chi connectivity index (χ4n) is 3.67. The van der Waals surface area contributed by atoms with Crippen molar-refractivity contribution in [2.24, 2.45) is 0 Å². The van der Waals surface area contributed by atoms with Crippen LogP contribution >= 0.6 is 0 Å². The summed E-state index contributed by atoms with van der Waals surface area (Å²) < 4.78 is 52.5. The standard InChI is InChI=1S/C26H35F4N3O/c1-2-3-4-5-6-7-8-11-23(34)33-22-17-16-21(24(27)25(22)31)32-18-9-10-19-12-14-20(15-13-19)26(28,29)30/h12-17,32H,2-11,18,31H2,1H3,(H,33,34). The van der Waals surface area contributed by atoms with E-state index in [9.17, 15) is 22.4 Å². The van der Waals surface area contributed by atoms with Gasteiger partial charge in [-0.2, -0.15) is 13.2 Å². The number of benzene rings is 2. The number of alkyl halides is 3. The number of nitrogens with two attached hydrogens (primary N) is 1. The minimum atomic E-state index is -4.35. The third-order valence-electron chi connectivity index (χ3n) is 5.70. The minimum Gasteiger partial charge on any atom is -0.395 e. The highest BCUT2D eigenvalue weighted by molar-refractivity contribution is 5.94. The number of nitrogen functional groups attached to an aromatic ring is 1. The number of carbonyl (C=O) groups is 1. The number of aryl methyl sites for hydroxylation is 1. The zero-order valence-corrected chi connectivity index (χ0v) is 19.7. The largest absolute Gasteiger partial charge is 0.416 e. The highest BCUT2D eigenvalue weighted by Crippen LogP contribution is 2.30. The molecule has 4 nitrogen and oxygen atoms in total. The van der Waals surface area contributed by atoms with Gasteiger partial charge < -0.3 is 16.4 Å². The molecule has 0 saturated heterocycles. The Kier molecular flexibility index (Phi) is 11.2. The summed E-state index contributed by atoms with van der Waals surface area (Å²) >= 11 is 0. The zero-order chi connectivity index (χ0) is 25.0. The van der Waals surface area contributed by atoms with Crippen LogP contribution in [-0.2, 0) is 17.4 Å². The molecule has 8 heteroatoms. The molecule has 1 amide bonds. The second-order valence-electron chi connectivity index (χ2n) is 8.53. The summed E-state index contributed by atoms with van der Waals surface area (Å²) in [5.74, 6) is -0.819. The average Bonchev–Trinajstić information content (AvgIpc) is 2.80. The minimum absolute atomic E-state index is 0.124. The second-order valence-corrected chi connectivity index (χ2v) is 8.53. The van der Waals surface area contributed by atoms with E-state index in [1.807, 2.05) is 0 Å². The van der Waals surface area contributed by atoms with E-state index in [1.54, 1.807) is 6.07 Å². The van der Waals surface area contributed by atoms with Crippen LogP contribution in [-0.4, -0.2) is 12.5 Å². The van der Waals surface area contributed by atoms with Crippen molar-refractivity contribution >= 4 is 23.0 Å². The van der Waals surface area contributed by atoms with E-state index < -0.39 is 17.6 Å². The quantitative estimate of drug-likeness (QED) is 0.148. The predicted octanol–water partition coefficient (Wildman–Crippen LogP) is 7.55. The molecule has 188 valence electrons. The second kappa shape index (κ2) is 13.8. The van der Waals surface area contributed by atoms with Gasteiger partial charge in [-0.05, 0) is 49.1 Å². The Bertz CT molecular complexity index is 898. The molecule has 2 aromatic carbocycles. The van der Waals surface area contributed by atoms with E-state index in [4.69, 9.17) is 5.73 Å². The summed E-state index contributed by atoms with van der Waals surface area (Å²) in [5.41, 5.74) is 6.31. The number of nitrogens with one attached hydrogen (secondary N) is 2. The molecule has 34 heavy (non-hydrogen) atoms. The normalized spacial score (nSPS) is 11.4. The lowest BCUT2D eigenvalue weighted by atomic mass is 10.1. The number of carbonyl (C=O) groups excluding carboxylic acids is 1. The van der Waals surface area contributed by atoms with Gasteiger partial charge in [0.25, 0.3) is 0 Å². The van der Waals surface area contributed by atoms with Crippen molar-refractivity contribution in [1.82, 2.24) is 0 Å². The van der Waals surface area contributed by atoms with Crippen molar-refractivity contribution in [2.75, 3.05) is 22.9 Å². The maximum absolute atomic E-state index is 14.6. The molecule has 0 aliphatic carbocycles. The van der Waals surface area contributed by atoms with Gasteiger partial charge in [0, 0.05) is 13.0 Å². The van der Waals surface area contributed by atoms with Crippen LogP contribution < -0.4 is 16.4 Å². The molecular formula is C26H35F4N3O. The van der Waals surface area contributed by atoms with Crippen LogP contribution in [0.1, 0.15) is 75.8 Å². The summed E-state index contributed by atoms with van der Waals surface area (Å²) in [5, 5.41) is 5.64. The first-order valence-corrected chi connectivity index (χ1v) is 12.0. The molecular weight excluding hydrogens is 446 g/mol. The number of unbranched alkanes of at least 4 members (excludes halogenated alkanes) is 6. The lowest BCUT2D eigenvalue weighted by Gasteiger charge is -2.13. The first kappa shape index (κ1) is 27.5. The lowest BCUT2D eigenvalue weighted by molar-refractivity contribution is -0.137. The fraction of sp³-hybridized carbons (Fsp3) is 0.500. The molecule has 0 aliphatic rings. The lowest BCUT2D eigenvalue weighted by Crippen LogP contribution is -2.14. The highest BCUT2D eigenvalue weighted by atomic mass is 19.4. The fourth-order valence-corrected chi connectivity index (χ4v) is 3.67. The van der Waals surface area contributed by atoms with Crippen LogP contribution in [0.2, 0.25) is 0 Å². The number of rotatable bonds is 14. The van der Waals surface area contributed by atoms with Gasteiger partial charge in [0.2, 0.25) is 5.91 Å². The summed E-state index contributed by atoms with van der Waals surface area (Å²) in [7, 11) is 0. The van der Waals surface area contributed by atoms with E-state index >= 15 is 0 Å². The number of hydrogen-bond donors (Lipinski definition) is 3. The van der Waals surface area contributed by atoms with Gasteiger partial charge in [0.05, 0.1) is 22.6 Å². The van der Waals surface area contributed by atoms with Gasteiger partial charge in [-0.1, -0.05) is 57.6 Å². The molecule has 0 spiro atoms. The molecule has 0 radical (unpaired) electrons. The van der Waals surface area contributed by atoms with Crippen LogP contribution in [0.15, 0.2) is 36.4 Å².